The normalized spacial score (nSPS) is 13.1. The van der Waals surface area contributed by atoms with Crippen molar-refractivity contribution in [3.05, 3.63) is 12.2 Å². The summed E-state index contributed by atoms with van der Waals surface area (Å²) in [5, 5.41) is 3.18. The third kappa shape index (κ3) is 3.64. The largest absolute Gasteiger partial charge is 0.330 e. The van der Waals surface area contributed by atoms with Crippen LogP contribution >= 0.6 is 0 Å². The van der Waals surface area contributed by atoms with E-state index in [4.69, 9.17) is 5.73 Å². The molecule has 0 rings (SSSR count). The van der Waals surface area contributed by atoms with Crippen molar-refractivity contribution >= 4 is 0 Å². The van der Waals surface area contributed by atoms with E-state index in [2.05, 4.69) is 11.9 Å². The van der Waals surface area contributed by atoms with Gasteiger partial charge < -0.3 is 11.1 Å². The van der Waals surface area contributed by atoms with Gasteiger partial charge in [0.2, 0.25) is 0 Å². The fourth-order valence-corrected chi connectivity index (χ4v) is 0.959. The lowest BCUT2D eigenvalue weighted by Gasteiger charge is -2.14. The molecule has 2 nitrogen and oxygen atoms in total. The van der Waals surface area contributed by atoms with Crippen molar-refractivity contribution in [2.24, 2.45) is 5.73 Å². The van der Waals surface area contributed by atoms with E-state index in [0.717, 1.165) is 19.4 Å². The summed E-state index contributed by atoms with van der Waals surface area (Å²) in [6.45, 7) is 6.68. The van der Waals surface area contributed by atoms with E-state index < -0.39 is 0 Å². The maximum Gasteiger partial charge on any atom is 0.0271 e. The first-order chi connectivity index (χ1) is 4.72. The minimum absolute atomic E-state index is 0.448. The molecule has 0 spiro atoms. The van der Waals surface area contributed by atoms with Crippen molar-refractivity contribution in [2.75, 3.05) is 13.6 Å². The van der Waals surface area contributed by atoms with Gasteiger partial charge in [-0.2, -0.15) is 0 Å². The van der Waals surface area contributed by atoms with Gasteiger partial charge in [-0.15, -0.1) is 0 Å². The highest BCUT2D eigenvalue weighted by Crippen LogP contribution is 2.03. The van der Waals surface area contributed by atoms with Crippen LogP contribution in [0.2, 0.25) is 0 Å². The quantitative estimate of drug-likeness (QED) is 0.559. The van der Waals surface area contributed by atoms with Crippen LogP contribution in [0.3, 0.4) is 0 Å². The number of hydrogen-bond acceptors (Lipinski definition) is 2. The van der Waals surface area contributed by atoms with Gasteiger partial charge in [0.15, 0.2) is 0 Å². The Hall–Kier alpha value is -0.340. The fourth-order valence-electron chi connectivity index (χ4n) is 0.959. The van der Waals surface area contributed by atoms with Crippen LogP contribution < -0.4 is 11.1 Å². The molecule has 0 saturated carbocycles. The molecule has 0 fully saturated rings. The van der Waals surface area contributed by atoms with Gasteiger partial charge in [0.1, 0.15) is 0 Å². The van der Waals surface area contributed by atoms with Gasteiger partial charge >= 0.3 is 0 Å². The predicted octanol–water partition coefficient (Wildman–Crippen LogP) is 0.889. The molecule has 60 valence electrons. The molecule has 0 aliphatic heterocycles. The van der Waals surface area contributed by atoms with Crippen LogP contribution in [0.25, 0.3) is 0 Å². The summed E-state index contributed by atoms with van der Waals surface area (Å²) < 4.78 is 0. The van der Waals surface area contributed by atoms with Crippen molar-refractivity contribution in [1.29, 1.82) is 0 Å². The zero-order valence-corrected chi connectivity index (χ0v) is 6.98. The second-order valence-electron chi connectivity index (χ2n) is 2.62. The molecule has 0 radical (unpaired) electrons. The molecule has 2 heteroatoms. The highest BCUT2D eigenvalue weighted by atomic mass is 14.9. The number of likely N-dealkylation sites (N-methyl/N-ethyl adjacent to an activating group) is 1. The van der Waals surface area contributed by atoms with Gasteiger partial charge in [0.25, 0.3) is 0 Å². The Labute approximate surface area is 63.5 Å². The summed E-state index contributed by atoms with van der Waals surface area (Å²) in [7, 11) is 1.95. The van der Waals surface area contributed by atoms with Gasteiger partial charge in [-0.25, -0.2) is 0 Å². The standard InChI is InChI=1S/C8H18N2/c1-7(2)8(10-3)5-4-6-9/h8,10H,1,4-6,9H2,2-3H3. The molecular weight excluding hydrogens is 124 g/mol. The summed E-state index contributed by atoms with van der Waals surface area (Å²) >= 11 is 0. The zero-order valence-electron chi connectivity index (χ0n) is 6.98. The number of nitrogens with one attached hydrogen (secondary N) is 1. The first-order valence-electron chi connectivity index (χ1n) is 3.75. The van der Waals surface area contributed by atoms with Crippen LogP contribution in [0.15, 0.2) is 12.2 Å². The first-order valence-corrected chi connectivity index (χ1v) is 3.75. The van der Waals surface area contributed by atoms with Crippen molar-refractivity contribution in [1.82, 2.24) is 5.32 Å². The molecule has 0 aliphatic rings. The summed E-state index contributed by atoms with van der Waals surface area (Å²) in [6, 6.07) is 0.448. The second-order valence-corrected chi connectivity index (χ2v) is 2.62. The highest BCUT2D eigenvalue weighted by molar-refractivity contribution is 5.00. The van der Waals surface area contributed by atoms with Gasteiger partial charge in [-0.05, 0) is 33.4 Å². The molecular formula is C8H18N2. The molecule has 0 saturated heterocycles. The second kappa shape index (κ2) is 5.45. The van der Waals surface area contributed by atoms with E-state index in [-0.39, 0.29) is 0 Å². The maximum absolute atomic E-state index is 5.37. The summed E-state index contributed by atoms with van der Waals surface area (Å²) in [5.74, 6) is 0. The lowest BCUT2D eigenvalue weighted by molar-refractivity contribution is 0.567. The smallest absolute Gasteiger partial charge is 0.0271 e. The van der Waals surface area contributed by atoms with Crippen LogP contribution in [-0.4, -0.2) is 19.6 Å². The Morgan fingerprint density at radius 3 is 2.60 bits per heavy atom. The van der Waals surface area contributed by atoms with E-state index >= 15 is 0 Å². The molecule has 1 unspecified atom stereocenters. The Morgan fingerprint density at radius 2 is 2.30 bits per heavy atom. The minimum atomic E-state index is 0.448. The summed E-state index contributed by atoms with van der Waals surface area (Å²) in [6.07, 6.45) is 2.17. The van der Waals surface area contributed by atoms with Crippen LogP contribution in [0.1, 0.15) is 19.8 Å². The third-order valence-electron chi connectivity index (χ3n) is 1.64. The maximum atomic E-state index is 5.37. The summed E-state index contributed by atoms with van der Waals surface area (Å²) in [5.41, 5.74) is 6.56. The van der Waals surface area contributed by atoms with E-state index in [1.807, 2.05) is 14.0 Å². The first kappa shape index (κ1) is 9.66. The number of hydrogen-bond donors (Lipinski definition) is 2. The van der Waals surface area contributed by atoms with Crippen molar-refractivity contribution in [2.45, 2.75) is 25.8 Å². The summed E-state index contributed by atoms with van der Waals surface area (Å²) in [4.78, 5) is 0. The lowest BCUT2D eigenvalue weighted by atomic mass is 10.1. The molecule has 0 aromatic heterocycles. The van der Waals surface area contributed by atoms with E-state index in [1.165, 1.54) is 5.57 Å². The van der Waals surface area contributed by atoms with Crippen LogP contribution in [0.4, 0.5) is 0 Å². The zero-order chi connectivity index (χ0) is 7.98. The van der Waals surface area contributed by atoms with E-state index in [0.29, 0.717) is 6.04 Å². The van der Waals surface area contributed by atoms with Gasteiger partial charge in [-0.1, -0.05) is 12.2 Å². The molecule has 0 amide bonds. The average molecular weight is 142 g/mol. The highest BCUT2D eigenvalue weighted by Gasteiger charge is 2.03. The van der Waals surface area contributed by atoms with Crippen molar-refractivity contribution in [3.8, 4) is 0 Å². The molecule has 1 atom stereocenters. The van der Waals surface area contributed by atoms with Crippen LogP contribution in [0, 0.1) is 0 Å². The molecule has 0 bridgehead atoms. The third-order valence-corrected chi connectivity index (χ3v) is 1.64. The monoisotopic (exact) mass is 142 g/mol. The van der Waals surface area contributed by atoms with Crippen molar-refractivity contribution < 1.29 is 0 Å². The molecule has 0 heterocycles. The predicted molar refractivity (Wildman–Crippen MR) is 46.0 cm³/mol. The van der Waals surface area contributed by atoms with Gasteiger partial charge in [0.05, 0.1) is 0 Å². The van der Waals surface area contributed by atoms with Gasteiger partial charge in [0, 0.05) is 6.04 Å². The molecule has 0 aliphatic carbocycles. The topological polar surface area (TPSA) is 38.0 Å². The number of rotatable bonds is 5. The van der Waals surface area contributed by atoms with Crippen molar-refractivity contribution in [3.63, 3.8) is 0 Å². The molecule has 0 aromatic carbocycles. The average Bonchev–Trinajstić information content (AvgIpc) is 1.89. The fraction of sp³-hybridized carbons (Fsp3) is 0.750. The molecule has 0 aromatic rings. The van der Waals surface area contributed by atoms with Crippen LogP contribution in [0.5, 0.6) is 0 Å². The Balaban J connectivity index is 3.50. The minimum Gasteiger partial charge on any atom is -0.330 e. The van der Waals surface area contributed by atoms with E-state index in [1.54, 1.807) is 0 Å². The lowest BCUT2D eigenvalue weighted by Crippen LogP contribution is -2.26. The number of nitrogens with two attached hydrogens (primary N) is 1. The van der Waals surface area contributed by atoms with Gasteiger partial charge in [-0.3, -0.25) is 0 Å². The SMILES string of the molecule is C=C(C)C(CCCN)NC. The molecule has 10 heavy (non-hydrogen) atoms. The Morgan fingerprint density at radius 1 is 1.70 bits per heavy atom. The van der Waals surface area contributed by atoms with Crippen LogP contribution in [-0.2, 0) is 0 Å². The molecule has 3 N–H and O–H groups in total. The van der Waals surface area contributed by atoms with E-state index in [9.17, 15) is 0 Å². The Bertz CT molecular complexity index is 99.4. The Kier molecular flexibility index (Phi) is 5.26.